The van der Waals surface area contributed by atoms with Crippen LogP contribution in [0.4, 0.5) is 5.69 Å². The fourth-order valence-corrected chi connectivity index (χ4v) is 7.15. The van der Waals surface area contributed by atoms with Crippen LogP contribution in [0.5, 0.6) is 0 Å². The number of anilines is 1. The van der Waals surface area contributed by atoms with Crippen molar-refractivity contribution in [3.8, 4) is 0 Å². The smallest absolute Gasteiger partial charge is 0.248 e. The standard InChI is InChI=1S/C25H36N4O4S/c1-16(2)21-14-29(34(31,32)24-19(5)26-33-20(24)6)15-22(21)25(30)28-11-9-27(10-12-28)23-13-17(3)7-8-18(23)4/h7-8,13,16,21-22H,9-12,14-15H2,1-6H3/t21-,22+/m0/s1. The Morgan fingerprint density at radius 1 is 1.06 bits per heavy atom. The van der Waals surface area contributed by atoms with Crippen LogP contribution in [0.1, 0.15) is 36.4 Å². The summed E-state index contributed by atoms with van der Waals surface area (Å²) in [5, 5.41) is 3.82. The molecule has 1 aromatic carbocycles. The minimum absolute atomic E-state index is 0.0280. The number of carbonyl (C=O) groups is 1. The van der Waals surface area contributed by atoms with Crippen molar-refractivity contribution in [1.82, 2.24) is 14.4 Å². The third-order valence-electron chi connectivity index (χ3n) is 7.37. The molecule has 8 nitrogen and oxygen atoms in total. The predicted molar refractivity (Wildman–Crippen MR) is 131 cm³/mol. The highest BCUT2D eigenvalue weighted by Crippen LogP contribution is 2.36. The zero-order chi connectivity index (χ0) is 24.8. The Morgan fingerprint density at radius 3 is 2.32 bits per heavy atom. The number of piperazine rings is 1. The molecule has 2 saturated heterocycles. The van der Waals surface area contributed by atoms with Crippen LogP contribution in [0.3, 0.4) is 0 Å². The van der Waals surface area contributed by atoms with E-state index < -0.39 is 10.0 Å². The van der Waals surface area contributed by atoms with Crippen molar-refractivity contribution in [3.05, 3.63) is 40.8 Å². The number of hydrogen-bond acceptors (Lipinski definition) is 6. The van der Waals surface area contributed by atoms with Gasteiger partial charge >= 0.3 is 0 Å². The normalized spacial score (nSPS) is 22.1. The van der Waals surface area contributed by atoms with E-state index in [9.17, 15) is 13.2 Å². The van der Waals surface area contributed by atoms with E-state index in [1.54, 1.807) is 13.8 Å². The second kappa shape index (κ2) is 9.34. The number of nitrogens with zero attached hydrogens (tertiary/aromatic N) is 4. The molecule has 1 amide bonds. The van der Waals surface area contributed by atoms with Gasteiger partial charge in [0.2, 0.25) is 15.9 Å². The molecule has 9 heteroatoms. The lowest BCUT2D eigenvalue weighted by Gasteiger charge is -2.38. The summed E-state index contributed by atoms with van der Waals surface area (Å²) in [6, 6.07) is 6.46. The Morgan fingerprint density at radius 2 is 1.74 bits per heavy atom. The molecule has 34 heavy (non-hydrogen) atoms. The molecule has 0 spiro atoms. The van der Waals surface area contributed by atoms with Gasteiger partial charge in [0.1, 0.15) is 10.6 Å². The van der Waals surface area contributed by atoms with E-state index in [4.69, 9.17) is 4.52 Å². The molecule has 2 atom stereocenters. The summed E-state index contributed by atoms with van der Waals surface area (Å²) in [4.78, 5) is 18.0. The van der Waals surface area contributed by atoms with Crippen LogP contribution in [-0.2, 0) is 14.8 Å². The van der Waals surface area contributed by atoms with Gasteiger partial charge in [-0.05, 0) is 56.7 Å². The van der Waals surface area contributed by atoms with Crippen molar-refractivity contribution >= 4 is 21.6 Å². The number of benzene rings is 1. The average molecular weight is 489 g/mol. The molecule has 1 aromatic heterocycles. The number of amides is 1. The van der Waals surface area contributed by atoms with Gasteiger partial charge in [0.25, 0.3) is 0 Å². The number of carbonyl (C=O) groups excluding carboxylic acids is 1. The van der Waals surface area contributed by atoms with Crippen LogP contribution in [0.15, 0.2) is 27.6 Å². The third kappa shape index (κ3) is 4.47. The molecule has 2 aliphatic rings. The van der Waals surface area contributed by atoms with Gasteiger partial charge in [-0.25, -0.2) is 8.42 Å². The van der Waals surface area contributed by atoms with Crippen molar-refractivity contribution in [3.63, 3.8) is 0 Å². The monoisotopic (exact) mass is 488 g/mol. The molecule has 2 aliphatic heterocycles. The summed E-state index contributed by atoms with van der Waals surface area (Å²) in [6.45, 7) is 15.0. The van der Waals surface area contributed by atoms with Crippen molar-refractivity contribution in [2.75, 3.05) is 44.2 Å². The Kier molecular flexibility index (Phi) is 6.79. The fourth-order valence-electron chi connectivity index (χ4n) is 5.36. The molecule has 3 heterocycles. The second-order valence-electron chi connectivity index (χ2n) is 10.1. The largest absolute Gasteiger partial charge is 0.368 e. The number of hydrogen-bond donors (Lipinski definition) is 0. The molecule has 4 rings (SSSR count). The maximum atomic E-state index is 13.6. The third-order valence-corrected chi connectivity index (χ3v) is 9.44. The van der Waals surface area contributed by atoms with Crippen LogP contribution in [-0.4, -0.2) is 68.0 Å². The molecule has 2 aromatic rings. The van der Waals surface area contributed by atoms with Crippen molar-refractivity contribution in [2.45, 2.75) is 46.4 Å². The molecule has 0 N–H and O–H groups in total. The topological polar surface area (TPSA) is 87.0 Å². The molecule has 0 saturated carbocycles. The van der Waals surface area contributed by atoms with Crippen LogP contribution in [0.25, 0.3) is 0 Å². The minimum atomic E-state index is -3.78. The van der Waals surface area contributed by atoms with E-state index in [2.05, 4.69) is 56.0 Å². The van der Waals surface area contributed by atoms with Gasteiger partial charge in [-0.2, -0.15) is 4.31 Å². The highest BCUT2D eigenvalue weighted by Gasteiger charge is 2.46. The first-order valence-corrected chi connectivity index (χ1v) is 13.5. The molecular formula is C25H36N4O4S. The number of aromatic nitrogens is 1. The molecular weight excluding hydrogens is 452 g/mol. The van der Waals surface area contributed by atoms with E-state index in [-0.39, 0.29) is 40.9 Å². The summed E-state index contributed by atoms with van der Waals surface area (Å²) in [5.41, 5.74) is 4.05. The fraction of sp³-hybridized carbons (Fsp3) is 0.600. The quantitative estimate of drug-likeness (QED) is 0.643. The van der Waals surface area contributed by atoms with E-state index >= 15 is 0 Å². The van der Waals surface area contributed by atoms with Gasteiger partial charge in [-0.1, -0.05) is 31.1 Å². The zero-order valence-electron chi connectivity index (χ0n) is 21.0. The van der Waals surface area contributed by atoms with E-state index in [0.29, 0.717) is 25.3 Å². The summed E-state index contributed by atoms with van der Waals surface area (Å²) < 4.78 is 33.4. The first kappa shape index (κ1) is 24.7. The van der Waals surface area contributed by atoms with Crippen molar-refractivity contribution < 1.29 is 17.7 Å². The van der Waals surface area contributed by atoms with Crippen LogP contribution in [0, 0.1) is 45.4 Å². The number of aryl methyl sites for hydroxylation is 4. The SMILES string of the molecule is Cc1ccc(C)c(N2CCN(C(=O)[C@@H]3CN(S(=O)(=O)c4c(C)noc4C)C[C@H]3C(C)C)CC2)c1. The van der Waals surface area contributed by atoms with E-state index in [1.165, 1.54) is 21.1 Å². The van der Waals surface area contributed by atoms with Gasteiger partial charge in [-0.15, -0.1) is 0 Å². The molecule has 0 radical (unpaired) electrons. The summed E-state index contributed by atoms with van der Waals surface area (Å²) in [7, 11) is -3.78. The Bertz CT molecular complexity index is 1150. The van der Waals surface area contributed by atoms with Gasteiger partial charge in [0.05, 0.1) is 5.92 Å². The molecule has 0 aliphatic carbocycles. The Balaban J connectivity index is 1.49. The van der Waals surface area contributed by atoms with Gasteiger partial charge in [0.15, 0.2) is 5.76 Å². The van der Waals surface area contributed by atoms with Gasteiger partial charge in [0, 0.05) is 45.0 Å². The van der Waals surface area contributed by atoms with Gasteiger partial charge in [-0.3, -0.25) is 4.79 Å². The molecule has 2 fully saturated rings. The molecule has 0 unspecified atom stereocenters. The molecule has 0 bridgehead atoms. The zero-order valence-corrected chi connectivity index (χ0v) is 21.9. The molecule has 186 valence electrons. The summed E-state index contributed by atoms with van der Waals surface area (Å²) in [5.74, 6) is 0.170. The maximum absolute atomic E-state index is 13.6. The maximum Gasteiger partial charge on any atom is 0.248 e. The first-order valence-electron chi connectivity index (χ1n) is 12.0. The van der Waals surface area contributed by atoms with Crippen LogP contribution in [0.2, 0.25) is 0 Å². The van der Waals surface area contributed by atoms with E-state index in [0.717, 1.165) is 13.1 Å². The number of rotatable bonds is 5. The lowest BCUT2D eigenvalue weighted by Crippen LogP contribution is -2.51. The average Bonchev–Trinajstić information content (AvgIpc) is 3.39. The predicted octanol–water partition coefficient (Wildman–Crippen LogP) is 3.15. The van der Waals surface area contributed by atoms with Gasteiger partial charge < -0.3 is 14.3 Å². The highest BCUT2D eigenvalue weighted by atomic mass is 32.2. The van der Waals surface area contributed by atoms with Crippen LogP contribution < -0.4 is 4.90 Å². The minimum Gasteiger partial charge on any atom is -0.368 e. The van der Waals surface area contributed by atoms with Crippen molar-refractivity contribution in [1.29, 1.82) is 0 Å². The van der Waals surface area contributed by atoms with Crippen LogP contribution >= 0.6 is 0 Å². The Hall–Kier alpha value is -2.39. The Labute approximate surface area is 202 Å². The second-order valence-corrected chi connectivity index (χ2v) is 12.0. The number of sulfonamides is 1. The van der Waals surface area contributed by atoms with E-state index in [1.807, 2.05) is 4.90 Å². The lowest BCUT2D eigenvalue weighted by atomic mass is 9.85. The lowest BCUT2D eigenvalue weighted by molar-refractivity contribution is -0.137. The highest BCUT2D eigenvalue weighted by molar-refractivity contribution is 7.89. The summed E-state index contributed by atoms with van der Waals surface area (Å²) >= 11 is 0. The summed E-state index contributed by atoms with van der Waals surface area (Å²) in [6.07, 6.45) is 0. The van der Waals surface area contributed by atoms with Crippen molar-refractivity contribution in [2.24, 2.45) is 17.8 Å². The first-order chi connectivity index (χ1) is 16.0.